The highest BCUT2D eigenvalue weighted by atomic mass is 35.5. The predicted molar refractivity (Wildman–Crippen MR) is 88.6 cm³/mol. The second-order valence-electron chi connectivity index (χ2n) is 4.72. The summed E-state index contributed by atoms with van der Waals surface area (Å²) >= 11 is 6.01. The first kappa shape index (κ1) is 16.3. The summed E-state index contributed by atoms with van der Waals surface area (Å²) in [4.78, 5) is 4.59. The maximum Gasteiger partial charge on any atom is 0.147 e. The van der Waals surface area contributed by atoms with Gasteiger partial charge in [-0.2, -0.15) is 0 Å². The molecule has 21 heavy (non-hydrogen) atoms. The van der Waals surface area contributed by atoms with E-state index in [0.29, 0.717) is 30.5 Å². The van der Waals surface area contributed by atoms with Crippen molar-refractivity contribution in [3.8, 4) is 5.75 Å². The second-order valence-corrected chi connectivity index (χ2v) is 6.85. The molecule has 0 amide bonds. The lowest BCUT2D eigenvalue weighted by Gasteiger charge is -2.08. The van der Waals surface area contributed by atoms with Gasteiger partial charge >= 0.3 is 0 Å². The number of halogens is 1. The number of ether oxygens (including phenoxy) is 1. The van der Waals surface area contributed by atoms with Crippen LogP contribution in [-0.4, -0.2) is 31.9 Å². The van der Waals surface area contributed by atoms with E-state index in [-0.39, 0.29) is 0 Å². The Balaban J connectivity index is 2.37. The summed E-state index contributed by atoms with van der Waals surface area (Å²) < 4.78 is 19.5. The van der Waals surface area contributed by atoms with E-state index in [2.05, 4.69) is 16.5 Å². The zero-order valence-corrected chi connectivity index (χ0v) is 14.0. The van der Waals surface area contributed by atoms with Gasteiger partial charge in [0.05, 0.1) is 18.0 Å². The lowest BCUT2D eigenvalue weighted by molar-refractivity contribution is 0.320. The summed E-state index contributed by atoms with van der Waals surface area (Å²) in [6.45, 7) is 5.34. The maximum atomic E-state index is 11.7. The lowest BCUT2D eigenvalue weighted by atomic mass is 10.3. The van der Waals surface area contributed by atoms with E-state index >= 15 is 0 Å². The van der Waals surface area contributed by atoms with Crippen LogP contribution >= 0.6 is 11.6 Å². The Bertz CT molecular complexity index is 627. The fourth-order valence-corrected chi connectivity index (χ4v) is 3.07. The molecule has 1 heterocycles. The third-order valence-electron chi connectivity index (χ3n) is 3.27. The number of imidazole rings is 1. The Hall–Kier alpha value is -1.07. The Labute approximate surface area is 132 Å². The first-order chi connectivity index (χ1) is 10.2. The number of hydrogen-bond acceptors (Lipinski definition) is 3. The van der Waals surface area contributed by atoms with Gasteiger partial charge in [0.15, 0.2) is 0 Å². The summed E-state index contributed by atoms with van der Waals surface area (Å²) in [5, 5.41) is 0. The monoisotopic (exact) mass is 328 g/mol. The summed E-state index contributed by atoms with van der Waals surface area (Å²) in [6.07, 6.45) is 0.953. The summed E-state index contributed by atoms with van der Waals surface area (Å²) in [7, 11) is -0.798. The highest BCUT2D eigenvalue weighted by Gasteiger charge is 2.14. The molecular weight excluding hydrogens is 308 g/mol. The van der Waals surface area contributed by atoms with Crippen molar-refractivity contribution in [2.24, 2.45) is 0 Å². The van der Waals surface area contributed by atoms with Crippen LogP contribution in [-0.2, 0) is 23.2 Å². The van der Waals surface area contributed by atoms with Crippen molar-refractivity contribution in [3.63, 3.8) is 0 Å². The van der Waals surface area contributed by atoms with Gasteiger partial charge in [-0.05, 0) is 18.6 Å². The average molecular weight is 329 g/mol. The normalized spacial score (nSPS) is 12.7. The van der Waals surface area contributed by atoms with Crippen molar-refractivity contribution in [2.45, 2.75) is 32.7 Å². The van der Waals surface area contributed by atoms with Crippen LogP contribution in [0.4, 0.5) is 0 Å². The molecule has 1 aromatic carbocycles. The number of alkyl halides is 1. The zero-order valence-electron chi connectivity index (χ0n) is 12.5. The van der Waals surface area contributed by atoms with Crippen LogP contribution in [0.2, 0.25) is 0 Å². The van der Waals surface area contributed by atoms with Crippen molar-refractivity contribution in [3.05, 3.63) is 24.0 Å². The summed E-state index contributed by atoms with van der Waals surface area (Å²) in [6, 6.07) is 5.89. The van der Waals surface area contributed by atoms with E-state index in [9.17, 15) is 4.21 Å². The first-order valence-electron chi connectivity index (χ1n) is 7.23. The Kier molecular flexibility index (Phi) is 6.06. The number of aryl methyl sites for hydroxylation is 1. The number of hydrogen-bond donors (Lipinski definition) is 0. The molecule has 0 aliphatic carbocycles. The molecule has 1 unspecified atom stereocenters. The largest absolute Gasteiger partial charge is 0.491 e. The maximum absolute atomic E-state index is 11.7. The Morgan fingerprint density at radius 1 is 1.38 bits per heavy atom. The summed E-state index contributed by atoms with van der Waals surface area (Å²) in [5.74, 6) is 3.21. The predicted octanol–water partition coefficient (Wildman–Crippen LogP) is 3.33. The second kappa shape index (κ2) is 7.80. The molecule has 2 rings (SSSR count). The molecule has 1 atom stereocenters. The molecule has 0 radical (unpaired) electrons. The minimum absolute atomic E-state index is 0.334. The molecule has 0 saturated carbocycles. The van der Waals surface area contributed by atoms with Crippen LogP contribution in [0, 0.1) is 0 Å². The average Bonchev–Trinajstić information content (AvgIpc) is 2.88. The van der Waals surface area contributed by atoms with Gasteiger partial charge in [0, 0.05) is 28.9 Å². The number of nitrogens with zero attached hydrogens (tertiary/aromatic N) is 2. The molecular formula is C15H21ClN2O2S. The number of fused-ring (bicyclic) bond motifs is 1. The van der Waals surface area contributed by atoms with E-state index in [1.54, 1.807) is 0 Å². The Morgan fingerprint density at radius 2 is 2.19 bits per heavy atom. The van der Waals surface area contributed by atoms with Crippen molar-refractivity contribution in [1.82, 2.24) is 9.55 Å². The highest BCUT2D eigenvalue weighted by Crippen LogP contribution is 2.27. The van der Waals surface area contributed by atoms with Gasteiger partial charge in [0.25, 0.3) is 0 Å². The minimum atomic E-state index is -0.798. The van der Waals surface area contributed by atoms with Gasteiger partial charge in [0.1, 0.15) is 17.1 Å². The summed E-state index contributed by atoms with van der Waals surface area (Å²) in [5.41, 5.74) is 1.83. The molecule has 0 N–H and O–H groups in total. The van der Waals surface area contributed by atoms with Crippen LogP contribution in [0.15, 0.2) is 18.2 Å². The molecule has 6 heteroatoms. The molecule has 0 fully saturated rings. The molecule has 1 aromatic heterocycles. The van der Waals surface area contributed by atoms with E-state index in [0.717, 1.165) is 29.0 Å². The number of rotatable bonds is 8. The van der Waals surface area contributed by atoms with Crippen molar-refractivity contribution in [1.29, 1.82) is 0 Å². The standard InChI is InChI=1S/C15H21ClN2O2S/c1-3-9-20-13-7-5-6-12-15(13)17-14(11-16)18(12)8-10-21(19)4-2/h5-7H,3-4,8-11H2,1-2H3. The van der Waals surface area contributed by atoms with Crippen LogP contribution in [0.5, 0.6) is 5.75 Å². The number of aromatic nitrogens is 2. The quantitative estimate of drug-likeness (QED) is 0.698. The molecule has 0 spiro atoms. The fraction of sp³-hybridized carbons (Fsp3) is 0.533. The van der Waals surface area contributed by atoms with E-state index in [4.69, 9.17) is 16.3 Å². The van der Waals surface area contributed by atoms with Crippen LogP contribution in [0.3, 0.4) is 0 Å². The molecule has 2 aromatic rings. The minimum Gasteiger partial charge on any atom is -0.491 e. The van der Waals surface area contributed by atoms with Gasteiger partial charge in [-0.25, -0.2) is 4.98 Å². The molecule has 4 nitrogen and oxygen atoms in total. The third-order valence-corrected chi connectivity index (χ3v) is 4.79. The Morgan fingerprint density at radius 3 is 2.86 bits per heavy atom. The molecule has 0 bridgehead atoms. The molecule has 0 aliphatic rings. The molecule has 0 saturated heterocycles. The van der Waals surface area contributed by atoms with Crippen molar-refractivity contribution >= 4 is 33.4 Å². The van der Waals surface area contributed by atoms with Crippen LogP contribution in [0.1, 0.15) is 26.1 Å². The highest BCUT2D eigenvalue weighted by molar-refractivity contribution is 7.84. The van der Waals surface area contributed by atoms with Crippen molar-refractivity contribution in [2.75, 3.05) is 18.1 Å². The third kappa shape index (κ3) is 3.77. The van der Waals surface area contributed by atoms with Gasteiger partial charge < -0.3 is 9.30 Å². The smallest absolute Gasteiger partial charge is 0.147 e. The van der Waals surface area contributed by atoms with Crippen molar-refractivity contribution < 1.29 is 8.95 Å². The van der Waals surface area contributed by atoms with Gasteiger partial charge in [-0.1, -0.05) is 19.9 Å². The number of para-hydroxylation sites is 1. The first-order valence-corrected chi connectivity index (χ1v) is 9.25. The topological polar surface area (TPSA) is 44.1 Å². The van der Waals surface area contributed by atoms with Gasteiger partial charge in [-0.3, -0.25) is 4.21 Å². The zero-order chi connectivity index (χ0) is 15.2. The van der Waals surface area contributed by atoms with Gasteiger partial charge in [0.2, 0.25) is 0 Å². The fourth-order valence-electron chi connectivity index (χ4n) is 2.19. The van der Waals surface area contributed by atoms with Crippen LogP contribution < -0.4 is 4.74 Å². The van der Waals surface area contributed by atoms with E-state index < -0.39 is 10.8 Å². The van der Waals surface area contributed by atoms with E-state index in [1.807, 2.05) is 25.1 Å². The van der Waals surface area contributed by atoms with Crippen LogP contribution in [0.25, 0.3) is 11.0 Å². The van der Waals surface area contributed by atoms with E-state index in [1.165, 1.54) is 0 Å². The molecule has 116 valence electrons. The van der Waals surface area contributed by atoms with Gasteiger partial charge in [-0.15, -0.1) is 11.6 Å². The molecule has 0 aliphatic heterocycles. The lowest BCUT2D eigenvalue weighted by Crippen LogP contribution is -2.11. The number of benzene rings is 1. The SMILES string of the molecule is CCCOc1cccc2c1nc(CCl)n2CCS(=O)CC.